The van der Waals surface area contributed by atoms with E-state index in [1.54, 1.807) is 18.2 Å². The van der Waals surface area contributed by atoms with Crippen molar-refractivity contribution in [3.05, 3.63) is 33.8 Å². The molecule has 0 aliphatic heterocycles. The Bertz CT molecular complexity index is 549. The normalized spacial score (nSPS) is 11.1. The number of benzene rings is 1. The quantitative estimate of drug-likeness (QED) is 0.876. The van der Waals surface area contributed by atoms with Crippen LogP contribution in [0.4, 0.5) is 0 Å². The smallest absolute Gasteiger partial charge is 0.255 e. The molecule has 0 amide bonds. The highest BCUT2D eigenvalue weighted by Gasteiger charge is 2.21. The molecular formula is C12H11Cl2NO2. The number of aromatic nitrogens is 1. The predicted molar refractivity (Wildman–Crippen MR) is 67.7 cm³/mol. The Hall–Kier alpha value is -1.19. The lowest BCUT2D eigenvalue weighted by Gasteiger charge is -2.06. The summed E-state index contributed by atoms with van der Waals surface area (Å²) in [4.78, 5) is 0. The van der Waals surface area contributed by atoms with Crippen molar-refractivity contribution < 1.29 is 9.63 Å². The highest BCUT2D eigenvalue weighted by molar-refractivity contribution is 6.36. The molecule has 0 fully saturated rings. The lowest BCUT2D eigenvalue weighted by molar-refractivity contribution is 0.364. The summed E-state index contributed by atoms with van der Waals surface area (Å²) in [5, 5.41) is 14.2. The minimum Gasteiger partial charge on any atom is -0.491 e. The van der Waals surface area contributed by atoms with E-state index in [0.29, 0.717) is 26.9 Å². The molecular weight excluding hydrogens is 261 g/mol. The minimum atomic E-state index is -0.0963. The zero-order valence-electron chi connectivity index (χ0n) is 9.37. The Morgan fingerprint density at radius 1 is 1.29 bits per heavy atom. The first-order chi connectivity index (χ1) is 8.00. The van der Waals surface area contributed by atoms with Crippen LogP contribution in [0.25, 0.3) is 11.3 Å². The summed E-state index contributed by atoms with van der Waals surface area (Å²) in [6.45, 7) is 3.89. The molecule has 1 N–H and O–H groups in total. The Kier molecular flexibility index (Phi) is 3.31. The minimum absolute atomic E-state index is 0.0861. The van der Waals surface area contributed by atoms with E-state index in [1.807, 2.05) is 13.8 Å². The average Bonchev–Trinajstić information content (AvgIpc) is 2.60. The predicted octanol–water partition coefficient (Wildman–Crippen LogP) is 4.48. The topological polar surface area (TPSA) is 46.3 Å². The first kappa shape index (κ1) is 12.3. The largest absolute Gasteiger partial charge is 0.491 e. The van der Waals surface area contributed by atoms with Crippen LogP contribution in [0.2, 0.25) is 10.0 Å². The van der Waals surface area contributed by atoms with Crippen molar-refractivity contribution in [3.63, 3.8) is 0 Å². The van der Waals surface area contributed by atoms with Crippen LogP contribution >= 0.6 is 23.2 Å². The fourth-order valence-corrected chi connectivity index (χ4v) is 2.17. The molecule has 3 nitrogen and oxygen atoms in total. The molecule has 90 valence electrons. The molecule has 0 saturated heterocycles. The summed E-state index contributed by atoms with van der Waals surface area (Å²) < 4.78 is 5.14. The number of rotatable bonds is 2. The van der Waals surface area contributed by atoms with Crippen LogP contribution in [-0.2, 0) is 0 Å². The maximum atomic E-state index is 9.63. The van der Waals surface area contributed by atoms with Gasteiger partial charge in [0.05, 0.1) is 10.6 Å². The Balaban J connectivity index is 2.61. The lowest BCUT2D eigenvalue weighted by Crippen LogP contribution is -1.89. The maximum Gasteiger partial charge on any atom is 0.255 e. The molecule has 1 aromatic carbocycles. The molecule has 17 heavy (non-hydrogen) atoms. The molecule has 1 heterocycles. The standard InChI is InChI=1S/C12H11Cl2NO2/c1-6(2)10-11(17-15-12(10)16)8-4-3-7(13)5-9(8)14/h3-6H,1-2H3,(H,15,16). The number of nitrogens with zero attached hydrogens (tertiary/aromatic N) is 1. The van der Waals surface area contributed by atoms with Crippen LogP contribution in [0.1, 0.15) is 25.3 Å². The molecule has 0 radical (unpaired) electrons. The summed E-state index contributed by atoms with van der Waals surface area (Å²) in [5.41, 5.74) is 1.32. The second kappa shape index (κ2) is 4.59. The zero-order valence-corrected chi connectivity index (χ0v) is 10.9. The maximum absolute atomic E-state index is 9.63. The number of aromatic hydroxyl groups is 1. The van der Waals surface area contributed by atoms with Crippen molar-refractivity contribution in [3.8, 4) is 17.2 Å². The molecule has 1 aromatic heterocycles. The fourth-order valence-electron chi connectivity index (χ4n) is 1.68. The SMILES string of the molecule is CC(C)c1c(O)noc1-c1ccc(Cl)cc1Cl. The number of hydrogen-bond donors (Lipinski definition) is 1. The van der Waals surface area contributed by atoms with Gasteiger partial charge in [-0.15, -0.1) is 0 Å². The molecule has 2 rings (SSSR count). The third kappa shape index (κ3) is 2.26. The highest BCUT2D eigenvalue weighted by atomic mass is 35.5. The van der Waals surface area contributed by atoms with E-state index in [4.69, 9.17) is 27.7 Å². The zero-order chi connectivity index (χ0) is 12.6. The first-order valence-electron chi connectivity index (χ1n) is 5.14. The van der Waals surface area contributed by atoms with Gasteiger partial charge in [0.2, 0.25) is 0 Å². The molecule has 2 aromatic rings. The van der Waals surface area contributed by atoms with Crippen molar-refractivity contribution in [2.75, 3.05) is 0 Å². The van der Waals surface area contributed by atoms with Gasteiger partial charge in [-0.05, 0) is 29.3 Å². The summed E-state index contributed by atoms with van der Waals surface area (Å²) in [7, 11) is 0. The highest BCUT2D eigenvalue weighted by Crippen LogP contribution is 2.39. The van der Waals surface area contributed by atoms with Crippen LogP contribution in [-0.4, -0.2) is 10.3 Å². The van der Waals surface area contributed by atoms with Crippen LogP contribution in [0.3, 0.4) is 0 Å². The Morgan fingerprint density at radius 3 is 2.59 bits per heavy atom. The van der Waals surface area contributed by atoms with E-state index in [1.165, 1.54) is 0 Å². The first-order valence-corrected chi connectivity index (χ1v) is 5.90. The summed E-state index contributed by atoms with van der Waals surface area (Å²) in [6.07, 6.45) is 0. The molecule has 0 unspecified atom stereocenters. The van der Waals surface area contributed by atoms with E-state index in [2.05, 4.69) is 5.16 Å². The molecule has 0 bridgehead atoms. The van der Waals surface area contributed by atoms with Crippen molar-refractivity contribution in [2.45, 2.75) is 19.8 Å². The van der Waals surface area contributed by atoms with Gasteiger partial charge in [-0.2, -0.15) is 0 Å². The molecule has 5 heteroatoms. The van der Waals surface area contributed by atoms with Gasteiger partial charge in [0.15, 0.2) is 5.76 Å². The number of hydrogen-bond acceptors (Lipinski definition) is 3. The molecule has 0 aliphatic carbocycles. The van der Waals surface area contributed by atoms with Gasteiger partial charge in [-0.1, -0.05) is 37.0 Å². The fraction of sp³-hybridized carbons (Fsp3) is 0.250. The summed E-state index contributed by atoms with van der Waals surface area (Å²) in [6, 6.07) is 5.09. The third-order valence-electron chi connectivity index (χ3n) is 2.46. The molecule has 0 aliphatic rings. The van der Waals surface area contributed by atoms with Crippen LogP contribution < -0.4 is 0 Å². The number of halogens is 2. The molecule has 0 saturated carbocycles. The summed E-state index contributed by atoms with van der Waals surface area (Å²) in [5.74, 6) is 0.475. The third-order valence-corrected chi connectivity index (χ3v) is 3.01. The molecule has 0 atom stereocenters. The van der Waals surface area contributed by atoms with Gasteiger partial charge in [-0.3, -0.25) is 0 Å². The van der Waals surface area contributed by atoms with Crippen molar-refractivity contribution in [2.24, 2.45) is 0 Å². The van der Waals surface area contributed by atoms with Crippen LogP contribution in [0.15, 0.2) is 22.7 Å². The van der Waals surface area contributed by atoms with Gasteiger partial charge in [0.25, 0.3) is 5.88 Å². The van der Waals surface area contributed by atoms with E-state index >= 15 is 0 Å². The van der Waals surface area contributed by atoms with Crippen LogP contribution in [0, 0.1) is 0 Å². The van der Waals surface area contributed by atoms with Gasteiger partial charge in [-0.25, -0.2) is 0 Å². The Morgan fingerprint density at radius 2 is 2.00 bits per heavy atom. The monoisotopic (exact) mass is 271 g/mol. The average molecular weight is 272 g/mol. The van der Waals surface area contributed by atoms with E-state index in [-0.39, 0.29) is 11.8 Å². The van der Waals surface area contributed by atoms with Gasteiger partial charge in [0.1, 0.15) is 0 Å². The van der Waals surface area contributed by atoms with Gasteiger partial charge in [0, 0.05) is 10.6 Å². The van der Waals surface area contributed by atoms with E-state index in [0.717, 1.165) is 0 Å². The second-order valence-corrected chi connectivity index (χ2v) is 4.87. The van der Waals surface area contributed by atoms with E-state index in [9.17, 15) is 5.11 Å². The van der Waals surface area contributed by atoms with E-state index < -0.39 is 0 Å². The van der Waals surface area contributed by atoms with Crippen LogP contribution in [0.5, 0.6) is 5.88 Å². The van der Waals surface area contributed by atoms with Crippen molar-refractivity contribution >= 4 is 23.2 Å². The summed E-state index contributed by atoms with van der Waals surface area (Å²) >= 11 is 11.9. The van der Waals surface area contributed by atoms with Gasteiger partial charge >= 0.3 is 0 Å². The van der Waals surface area contributed by atoms with Gasteiger partial charge < -0.3 is 9.63 Å². The van der Waals surface area contributed by atoms with Crippen molar-refractivity contribution in [1.29, 1.82) is 0 Å². The lowest BCUT2D eigenvalue weighted by atomic mass is 10.00. The van der Waals surface area contributed by atoms with Crippen molar-refractivity contribution in [1.82, 2.24) is 5.16 Å². The Labute approximate surface area is 109 Å². The molecule has 0 spiro atoms. The second-order valence-electron chi connectivity index (χ2n) is 4.03.